The number of hydrogen-bond acceptors (Lipinski definition) is 2. The first-order valence-corrected chi connectivity index (χ1v) is 6.11. The molecule has 106 valence electrons. The van der Waals surface area contributed by atoms with E-state index in [2.05, 4.69) is 5.32 Å². The van der Waals surface area contributed by atoms with Crippen molar-refractivity contribution in [3.63, 3.8) is 0 Å². The Morgan fingerprint density at radius 2 is 2.05 bits per heavy atom. The van der Waals surface area contributed by atoms with Crippen LogP contribution in [0.2, 0.25) is 0 Å². The van der Waals surface area contributed by atoms with Gasteiger partial charge in [-0.05, 0) is 30.5 Å². The molecule has 1 aromatic rings. The molecule has 19 heavy (non-hydrogen) atoms. The molecule has 0 amide bonds. The molecule has 1 aliphatic carbocycles. The largest absolute Gasteiger partial charge is 0.411 e. The second kappa shape index (κ2) is 5.88. The van der Waals surface area contributed by atoms with Crippen molar-refractivity contribution in [3.05, 3.63) is 35.6 Å². The summed E-state index contributed by atoms with van der Waals surface area (Å²) in [5, 5.41) is 3.10. The fraction of sp³-hybridized carbons (Fsp3) is 0.538. The molecular formula is C13H15F4NO. The number of ether oxygens (including phenoxy) is 1. The minimum Gasteiger partial charge on any atom is -0.363 e. The Morgan fingerprint density at radius 3 is 2.63 bits per heavy atom. The van der Waals surface area contributed by atoms with Gasteiger partial charge in [0.15, 0.2) is 0 Å². The number of nitrogens with one attached hydrogen (secondary N) is 1. The lowest BCUT2D eigenvalue weighted by atomic mass is 10.1. The Hall–Kier alpha value is -1.14. The van der Waals surface area contributed by atoms with Crippen molar-refractivity contribution in [1.82, 2.24) is 5.32 Å². The van der Waals surface area contributed by atoms with E-state index in [1.807, 2.05) is 0 Å². The molecule has 1 fully saturated rings. The third-order valence-corrected chi connectivity index (χ3v) is 2.84. The Labute approximate surface area is 108 Å². The highest BCUT2D eigenvalue weighted by molar-refractivity contribution is 5.19. The zero-order valence-corrected chi connectivity index (χ0v) is 10.2. The van der Waals surface area contributed by atoms with Crippen LogP contribution in [-0.2, 0) is 4.74 Å². The fourth-order valence-electron chi connectivity index (χ4n) is 1.74. The smallest absolute Gasteiger partial charge is 0.363 e. The van der Waals surface area contributed by atoms with E-state index >= 15 is 0 Å². The molecule has 2 rings (SSSR count). The van der Waals surface area contributed by atoms with Gasteiger partial charge in [0, 0.05) is 12.6 Å². The molecule has 1 N–H and O–H groups in total. The summed E-state index contributed by atoms with van der Waals surface area (Å²) in [5.74, 6) is -0.482. The van der Waals surface area contributed by atoms with Crippen LogP contribution in [0.4, 0.5) is 17.6 Å². The molecule has 0 aliphatic heterocycles. The molecule has 2 nitrogen and oxygen atoms in total. The van der Waals surface area contributed by atoms with Crippen LogP contribution in [-0.4, -0.2) is 25.4 Å². The van der Waals surface area contributed by atoms with Crippen LogP contribution in [0.1, 0.15) is 24.5 Å². The topological polar surface area (TPSA) is 21.3 Å². The maximum Gasteiger partial charge on any atom is 0.411 e. The molecule has 1 atom stereocenters. The number of benzene rings is 1. The molecule has 1 aliphatic rings. The van der Waals surface area contributed by atoms with Gasteiger partial charge in [-0.25, -0.2) is 4.39 Å². The van der Waals surface area contributed by atoms with E-state index in [4.69, 9.17) is 4.74 Å². The van der Waals surface area contributed by atoms with Crippen molar-refractivity contribution >= 4 is 0 Å². The number of halogens is 4. The molecule has 0 aromatic heterocycles. The van der Waals surface area contributed by atoms with Crippen LogP contribution in [0.15, 0.2) is 24.3 Å². The molecule has 1 unspecified atom stereocenters. The highest BCUT2D eigenvalue weighted by Crippen LogP contribution is 2.25. The van der Waals surface area contributed by atoms with Crippen LogP contribution < -0.4 is 5.32 Å². The van der Waals surface area contributed by atoms with Gasteiger partial charge in [0.1, 0.15) is 12.4 Å². The molecule has 6 heteroatoms. The van der Waals surface area contributed by atoms with Gasteiger partial charge in [-0.3, -0.25) is 0 Å². The van der Waals surface area contributed by atoms with E-state index < -0.39 is 24.7 Å². The zero-order chi connectivity index (χ0) is 13.9. The van der Waals surface area contributed by atoms with Crippen LogP contribution in [0.3, 0.4) is 0 Å². The number of alkyl halides is 3. The first-order valence-electron chi connectivity index (χ1n) is 6.11. The minimum atomic E-state index is -4.38. The normalized spacial score (nSPS) is 17.5. The van der Waals surface area contributed by atoms with Crippen LogP contribution >= 0.6 is 0 Å². The first-order chi connectivity index (χ1) is 8.94. The molecule has 0 bridgehead atoms. The SMILES string of the molecule is Fc1cccc(C(CNC2CC2)OCC(F)(F)F)c1. The average molecular weight is 277 g/mol. The number of hydrogen-bond donors (Lipinski definition) is 1. The van der Waals surface area contributed by atoms with Gasteiger partial charge in [0.05, 0.1) is 6.10 Å². The molecule has 1 aromatic carbocycles. The average Bonchev–Trinajstić information content (AvgIpc) is 3.11. The fourth-order valence-corrected chi connectivity index (χ4v) is 1.74. The maximum absolute atomic E-state index is 13.1. The maximum atomic E-state index is 13.1. The lowest BCUT2D eigenvalue weighted by molar-refractivity contribution is -0.185. The first kappa shape index (κ1) is 14.3. The monoisotopic (exact) mass is 277 g/mol. The van der Waals surface area contributed by atoms with Gasteiger partial charge in [-0.15, -0.1) is 0 Å². The van der Waals surface area contributed by atoms with Crippen molar-refractivity contribution in [2.75, 3.05) is 13.2 Å². The molecular weight excluding hydrogens is 262 g/mol. The van der Waals surface area contributed by atoms with Gasteiger partial charge in [-0.1, -0.05) is 12.1 Å². The Bertz CT molecular complexity index is 417. The minimum absolute atomic E-state index is 0.254. The zero-order valence-electron chi connectivity index (χ0n) is 10.2. The Balaban J connectivity index is 1.99. The second-order valence-corrected chi connectivity index (χ2v) is 4.65. The van der Waals surface area contributed by atoms with Crippen molar-refractivity contribution in [3.8, 4) is 0 Å². The van der Waals surface area contributed by atoms with Gasteiger partial charge >= 0.3 is 6.18 Å². The highest BCUT2D eigenvalue weighted by atomic mass is 19.4. The standard InChI is InChI=1S/C13H15F4NO/c14-10-3-1-2-9(6-10)12(7-18-11-4-5-11)19-8-13(15,16)17/h1-3,6,11-12,18H,4-5,7-8H2. The van der Waals surface area contributed by atoms with E-state index in [1.54, 1.807) is 6.07 Å². The summed E-state index contributed by atoms with van der Waals surface area (Å²) in [6.07, 6.45) is -3.13. The lowest BCUT2D eigenvalue weighted by Gasteiger charge is -2.20. The van der Waals surface area contributed by atoms with Crippen molar-refractivity contribution < 1.29 is 22.3 Å². The summed E-state index contributed by atoms with van der Waals surface area (Å²) < 4.78 is 54.6. The predicted octanol–water partition coefficient (Wildman–Crippen LogP) is 3.20. The van der Waals surface area contributed by atoms with E-state index in [1.165, 1.54) is 18.2 Å². The quantitative estimate of drug-likeness (QED) is 0.806. The van der Waals surface area contributed by atoms with Gasteiger partial charge in [0.25, 0.3) is 0 Å². The van der Waals surface area contributed by atoms with Crippen molar-refractivity contribution in [1.29, 1.82) is 0 Å². The lowest BCUT2D eigenvalue weighted by Crippen LogP contribution is -2.28. The molecule has 0 heterocycles. The van der Waals surface area contributed by atoms with Crippen LogP contribution in [0.25, 0.3) is 0 Å². The third kappa shape index (κ3) is 5.16. The van der Waals surface area contributed by atoms with E-state index in [9.17, 15) is 17.6 Å². The highest BCUT2D eigenvalue weighted by Gasteiger charge is 2.30. The summed E-state index contributed by atoms with van der Waals surface area (Å²) in [4.78, 5) is 0. The molecule has 0 spiro atoms. The Kier molecular flexibility index (Phi) is 4.42. The van der Waals surface area contributed by atoms with Crippen molar-refractivity contribution in [2.24, 2.45) is 0 Å². The molecule has 0 saturated heterocycles. The van der Waals surface area contributed by atoms with Gasteiger partial charge in [0.2, 0.25) is 0 Å². The summed E-state index contributed by atoms with van der Waals surface area (Å²) in [6.45, 7) is -1.08. The molecule has 1 saturated carbocycles. The van der Waals surface area contributed by atoms with E-state index in [0.29, 0.717) is 11.6 Å². The van der Waals surface area contributed by atoms with Gasteiger partial charge < -0.3 is 10.1 Å². The third-order valence-electron chi connectivity index (χ3n) is 2.84. The van der Waals surface area contributed by atoms with Crippen molar-refractivity contribution in [2.45, 2.75) is 31.2 Å². The number of rotatable bonds is 6. The second-order valence-electron chi connectivity index (χ2n) is 4.65. The van der Waals surface area contributed by atoms with Crippen LogP contribution in [0.5, 0.6) is 0 Å². The van der Waals surface area contributed by atoms with Crippen LogP contribution in [0, 0.1) is 5.82 Å². The van der Waals surface area contributed by atoms with Gasteiger partial charge in [-0.2, -0.15) is 13.2 Å². The summed E-state index contributed by atoms with van der Waals surface area (Å²) in [5.41, 5.74) is 0.414. The van der Waals surface area contributed by atoms with E-state index in [0.717, 1.165) is 12.8 Å². The Morgan fingerprint density at radius 1 is 1.32 bits per heavy atom. The summed E-state index contributed by atoms with van der Waals surface area (Å²) in [7, 11) is 0. The summed E-state index contributed by atoms with van der Waals surface area (Å²) >= 11 is 0. The molecule has 0 radical (unpaired) electrons. The summed E-state index contributed by atoms with van der Waals surface area (Å²) in [6, 6.07) is 5.84. The predicted molar refractivity (Wildman–Crippen MR) is 62.2 cm³/mol. The van der Waals surface area contributed by atoms with E-state index in [-0.39, 0.29) is 6.54 Å².